The second-order valence-electron chi connectivity index (χ2n) is 8.15. The molecule has 0 saturated carbocycles. The number of para-hydroxylation sites is 1. The predicted molar refractivity (Wildman–Crippen MR) is 93.4 cm³/mol. The Bertz CT molecular complexity index is 478. The number of benzene rings is 1. The van der Waals surface area contributed by atoms with E-state index in [0.717, 1.165) is 25.1 Å². The summed E-state index contributed by atoms with van der Waals surface area (Å²) in [6, 6.07) is 8.87. The van der Waals surface area contributed by atoms with Crippen LogP contribution in [0.3, 0.4) is 0 Å². The standard InChI is InChI=1S/C19H32N2O/c1-14(2)22-17-10-8-7-9-15(17)13-20-16-11-18(3,4)21-19(5,6)12-16/h7-10,14,16,20-21H,11-13H2,1-6H3. The maximum atomic E-state index is 5.91. The zero-order valence-corrected chi connectivity index (χ0v) is 15.0. The second-order valence-corrected chi connectivity index (χ2v) is 8.15. The lowest BCUT2D eigenvalue weighted by atomic mass is 9.79. The van der Waals surface area contributed by atoms with Gasteiger partial charge in [-0.25, -0.2) is 0 Å². The molecular formula is C19H32N2O. The molecule has 1 aliphatic heterocycles. The second kappa shape index (κ2) is 6.59. The minimum atomic E-state index is 0.174. The highest BCUT2D eigenvalue weighted by atomic mass is 16.5. The first kappa shape index (κ1) is 17.3. The molecule has 0 radical (unpaired) electrons. The minimum Gasteiger partial charge on any atom is -0.491 e. The van der Waals surface area contributed by atoms with Crippen LogP contribution in [-0.2, 0) is 6.54 Å². The van der Waals surface area contributed by atoms with Gasteiger partial charge >= 0.3 is 0 Å². The molecule has 0 atom stereocenters. The van der Waals surface area contributed by atoms with Crippen molar-refractivity contribution in [3.63, 3.8) is 0 Å². The summed E-state index contributed by atoms with van der Waals surface area (Å²) < 4.78 is 5.91. The van der Waals surface area contributed by atoms with E-state index in [4.69, 9.17) is 4.74 Å². The molecule has 0 aromatic heterocycles. The minimum absolute atomic E-state index is 0.174. The zero-order chi connectivity index (χ0) is 16.4. The summed E-state index contributed by atoms with van der Waals surface area (Å²) in [5.74, 6) is 0.998. The molecule has 1 aliphatic rings. The fourth-order valence-electron chi connectivity index (χ4n) is 3.74. The molecule has 0 spiro atoms. The monoisotopic (exact) mass is 304 g/mol. The third-order valence-electron chi connectivity index (χ3n) is 4.11. The van der Waals surface area contributed by atoms with Crippen molar-refractivity contribution in [3.05, 3.63) is 29.8 Å². The van der Waals surface area contributed by atoms with Gasteiger partial charge in [0.1, 0.15) is 5.75 Å². The van der Waals surface area contributed by atoms with Crippen molar-refractivity contribution in [1.82, 2.24) is 10.6 Å². The van der Waals surface area contributed by atoms with Crippen LogP contribution in [0.2, 0.25) is 0 Å². The van der Waals surface area contributed by atoms with Crippen molar-refractivity contribution in [1.29, 1.82) is 0 Å². The molecular weight excluding hydrogens is 272 g/mol. The van der Waals surface area contributed by atoms with E-state index in [9.17, 15) is 0 Å². The maximum Gasteiger partial charge on any atom is 0.124 e. The van der Waals surface area contributed by atoms with Crippen LogP contribution >= 0.6 is 0 Å². The van der Waals surface area contributed by atoms with Gasteiger partial charge in [-0.1, -0.05) is 18.2 Å². The van der Waals surface area contributed by atoms with Crippen molar-refractivity contribution >= 4 is 0 Å². The summed E-state index contributed by atoms with van der Waals surface area (Å²) in [5, 5.41) is 7.48. The van der Waals surface area contributed by atoms with Crippen LogP contribution in [0.1, 0.15) is 59.9 Å². The SMILES string of the molecule is CC(C)Oc1ccccc1CNC1CC(C)(C)NC(C)(C)C1. The van der Waals surface area contributed by atoms with Gasteiger partial charge in [-0.3, -0.25) is 0 Å². The lowest BCUT2D eigenvalue weighted by Gasteiger charge is -2.46. The molecule has 2 N–H and O–H groups in total. The van der Waals surface area contributed by atoms with Crippen LogP contribution in [0.25, 0.3) is 0 Å². The molecule has 0 aliphatic carbocycles. The molecule has 22 heavy (non-hydrogen) atoms. The summed E-state index contributed by atoms with van der Waals surface area (Å²) in [6.45, 7) is 14.2. The third kappa shape index (κ3) is 4.99. The smallest absolute Gasteiger partial charge is 0.124 e. The van der Waals surface area contributed by atoms with E-state index < -0.39 is 0 Å². The van der Waals surface area contributed by atoms with Crippen LogP contribution in [-0.4, -0.2) is 23.2 Å². The first-order chi connectivity index (χ1) is 10.2. The molecule has 1 aromatic carbocycles. The number of piperidine rings is 1. The molecule has 0 unspecified atom stereocenters. The van der Waals surface area contributed by atoms with E-state index in [1.54, 1.807) is 0 Å². The average Bonchev–Trinajstić information content (AvgIpc) is 2.33. The fraction of sp³-hybridized carbons (Fsp3) is 0.684. The predicted octanol–water partition coefficient (Wildman–Crippen LogP) is 3.87. The van der Waals surface area contributed by atoms with Crippen LogP contribution in [0.15, 0.2) is 24.3 Å². The zero-order valence-electron chi connectivity index (χ0n) is 15.0. The van der Waals surface area contributed by atoms with Crippen molar-refractivity contribution in [2.24, 2.45) is 0 Å². The topological polar surface area (TPSA) is 33.3 Å². The lowest BCUT2D eigenvalue weighted by Crippen LogP contribution is -2.61. The number of hydrogen-bond acceptors (Lipinski definition) is 3. The molecule has 1 fully saturated rings. The van der Waals surface area contributed by atoms with Crippen LogP contribution in [0.5, 0.6) is 5.75 Å². The van der Waals surface area contributed by atoms with Crippen LogP contribution in [0.4, 0.5) is 0 Å². The molecule has 2 rings (SSSR count). The molecule has 1 aromatic rings. The Kier molecular flexibility index (Phi) is 5.18. The van der Waals surface area contributed by atoms with E-state index in [0.29, 0.717) is 6.04 Å². The Morgan fingerprint density at radius 2 is 1.73 bits per heavy atom. The van der Waals surface area contributed by atoms with Gasteiger partial charge in [-0.2, -0.15) is 0 Å². The van der Waals surface area contributed by atoms with Crippen molar-refractivity contribution < 1.29 is 4.74 Å². The van der Waals surface area contributed by atoms with Crippen molar-refractivity contribution in [2.45, 2.75) is 84.2 Å². The van der Waals surface area contributed by atoms with E-state index in [2.05, 4.69) is 70.4 Å². The summed E-state index contributed by atoms with van der Waals surface area (Å²) in [4.78, 5) is 0. The summed E-state index contributed by atoms with van der Waals surface area (Å²) in [7, 11) is 0. The van der Waals surface area contributed by atoms with Gasteiger partial charge in [0, 0.05) is 29.2 Å². The van der Waals surface area contributed by atoms with E-state index in [1.807, 2.05) is 6.07 Å². The molecule has 0 amide bonds. The quantitative estimate of drug-likeness (QED) is 0.866. The Hall–Kier alpha value is -1.06. The molecule has 0 bridgehead atoms. The highest BCUT2D eigenvalue weighted by Gasteiger charge is 2.37. The van der Waals surface area contributed by atoms with Gasteiger partial charge in [-0.15, -0.1) is 0 Å². The molecule has 1 saturated heterocycles. The summed E-state index contributed by atoms with van der Waals surface area (Å²) in [6.07, 6.45) is 2.49. The normalized spacial score (nSPS) is 21.0. The Labute approximate surface area is 135 Å². The first-order valence-electron chi connectivity index (χ1n) is 8.44. The highest BCUT2D eigenvalue weighted by Crippen LogP contribution is 2.29. The third-order valence-corrected chi connectivity index (χ3v) is 4.11. The summed E-state index contributed by atoms with van der Waals surface area (Å²) in [5.41, 5.74) is 1.59. The number of hydrogen-bond donors (Lipinski definition) is 2. The number of ether oxygens (including phenoxy) is 1. The molecule has 124 valence electrons. The maximum absolute atomic E-state index is 5.91. The van der Waals surface area contributed by atoms with Gasteiger partial charge < -0.3 is 15.4 Å². The summed E-state index contributed by atoms with van der Waals surface area (Å²) >= 11 is 0. The molecule has 1 heterocycles. The first-order valence-corrected chi connectivity index (χ1v) is 8.44. The number of rotatable bonds is 5. The highest BCUT2D eigenvalue weighted by molar-refractivity contribution is 5.33. The van der Waals surface area contributed by atoms with Crippen molar-refractivity contribution in [2.75, 3.05) is 0 Å². The Morgan fingerprint density at radius 1 is 1.14 bits per heavy atom. The fourth-order valence-corrected chi connectivity index (χ4v) is 3.74. The Balaban J connectivity index is 2.01. The molecule has 3 heteroatoms. The van der Waals surface area contributed by atoms with Gasteiger partial charge in [0.2, 0.25) is 0 Å². The van der Waals surface area contributed by atoms with Gasteiger partial charge in [0.15, 0.2) is 0 Å². The van der Waals surface area contributed by atoms with Gasteiger partial charge in [-0.05, 0) is 60.5 Å². The van der Waals surface area contributed by atoms with Crippen LogP contribution < -0.4 is 15.4 Å². The lowest BCUT2D eigenvalue weighted by molar-refractivity contribution is 0.145. The van der Waals surface area contributed by atoms with E-state index in [1.165, 1.54) is 5.56 Å². The van der Waals surface area contributed by atoms with Gasteiger partial charge in [0.05, 0.1) is 6.10 Å². The average molecular weight is 304 g/mol. The molecule has 3 nitrogen and oxygen atoms in total. The van der Waals surface area contributed by atoms with Gasteiger partial charge in [0.25, 0.3) is 0 Å². The van der Waals surface area contributed by atoms with E-state index >= 15 is 0 Å². The number of nitrogens with one attached hydrogen (secondary N) is 2. The van der Waals surface area contributed by atoms with E-state index in [-0.39, 0.29) is 17.2 Å². The Morgan fingerprint density at radius 3 is 2.32 bits per heavy atom. The van der Waals surface area contributed by atoms with Crippen LogP contribution in [0, 0.1) is 0 Å². The van der Waals surface area contributed by atoms with Crippen molar-refractivity contribution in [3.8, 4) is 5.75 Å². The largest absolute Gasteiger partial charge is 0.491 e.